The summed E-state index contributed by atoms with van der Waals surface area (Å²) in [6, 6.07) is 7.47. The van der Waals surface area contributed by atoms with Gasteiger partial charge in [0.05, 0.1) is 49.4 Å². The van der Waals surface area contributed by atoms with E-state index >= 15 is 0 Å². The maximum Gasteiger partial charge on any atom is 0.310 e. The fraction of sp³-hybridized carbons (Fsp3) is 0.515. The minimum Gasteiger partial charge on any atom is -0.494 e. The van der Waals surface area contributed by atoms with Gasteiger partial charge in [0, 0.05) is 24.9 Å². The number of methoxy groups -OCH3 is 2. The Hall–Kier alpha value is -3.30. The number of hydrogen-bond donors (Lipinski definition) is 2. The van der Waals surface area contributed by atoms with Gasteiger partial charge in [-0.1, -0.05) is 24.8 Å². The summed E-state index contributed by atoms with van der Waals surface area (Å²) in [7, 11) is 2.76. The van der Waals surface area contributed by atoms with Crippen LogP contribution in [0.15, 0.2) is 54.1 Å². The molecule has 7 rings (SSSR count). The minimum atomic E-state index is -1.25. The number of Topliss-reactive ketones (excluding diaryl/α,β-unsaturated/α-hetero) is 1. The first-order valence-electron chi connectivity index (χ1n) is 15.2. The number of cyclic esters (lactones) is 1. The standard InChI is InChI=1S/C33H36O12S/c1-15(38-2)27(34)21(39-3)7-6-17-18-10-22-23(43-14-42-22)11-19(18)31(20-13-40-32(37)26(17)20)44-24-9-16-12-41-33(25-5-4-8-46-25)45-30(16)29(36)28(24)35/h4-8,10-11,16-17,20-21,24,26,28-31,33,35-36H,1,9,12-14H2,2-3H3. The Morgan fingerprint density at radius 1 is 1.11 bits per heavy atom. The molecule has 0 spiro atoms. The maximum absolute atomic E-state index is 13.3. The Balaban J connectivity index is 1.19. The van der Waals surface area contributed by atoms with E-state index in [1.54, 1.807) is 12.2 Å². The number of esters is 1. The molecule has 11 unspecified atom stereocenters. The van der Waals surface area contributed by atoms with Gasteiger partial charge < -0.3 is 48.1 Å². The van der Waals surface area contributed by atoms with Crippen LogP contribution in [0.4, 0.5) is 0 Å². The van der Waals surface area contributed by atoms with E-state index in [2.05, 4.69) is 6.58 Å². The molecule has 2 N–H and O–H groups in total. The van der Waals surface area contributed by atoms with Gasteiger partial charge in [-0.2, -0.15) is 0 Å². The van der Waals surface area contributed by atoms with Crippen molar-refractivity contribution in [2.75, 3.05) is 34.2 Å². The van der Waals surface area contributed by atoms with Crippen molar-refractivity contribution in [2.24, 2.45) is 17.8 Å². The van der Waals surface area contributed by atoms with Crippen molar-refractivity contribution in [3.8, 4) is 11.5 Å². The fourth-order valence-corrected chi connectivity index (χ4v) is 7.94. The molecule has 246 valence electrons. The predicted molar refractivity (Wildman–Crippen MR) is 160 cm³/mol. The second kappa shape index (κ2) is 12.7. The number of carbonyl (C=O) groups is 2. The number of carbonyl (C=O) groups excluding carboxylic acids is 2. The van der Waals surface area contributed by atoms with Gasteiger partial charge in [0.1, 0.15) is 18.3 Å². The molecule has 1 aromatic heterocycles. The number of benzene rings is 1. The second-order valence-corrected chi connectivity index (χ2v) is 13.0. The van der Waals surface area contributed by atoms with Gasteiger partial charge in [0.25, 0.3) is 0 Å². The molecule has 0 amide bonds. The molecule has 1 aromatic carbocycles. The van der Waals surface area contributed by atoms with Crippen LogP contribution in [0.1, 0.15) is 40.7 Å². The SMILES string of the molecule is C=C(OC)C(=O)C(C=CC1c2cc3c(cc2C(OC2CC4COC(c5cccs5)OC4C(O)C2O)C2COC(=O)C12)OCO3)OC. The van der Waals surface area contributed by atoms with Gasteiger partial charge in [-0.05, 0) is 41.1 Å². The molecule has 11 atom stereocenters. The van der Waals surface area contributed by atoms with Crippen LogP contribution < -0.4 is 9.47 Å². The smallest absolute Gasteiger partial charge is 0.310 e. The number of rotatable bonds is 9. The molecule has 3 fully saturated rings. The Morgan fingerprint density at radius 3 is 2.61 bits per heavy atom. The van der Waals surface area contributed by atoms with Gasteiger partial charge >= 0.3 is 5.97 Å². The molecule has 0 bridgehead atoms. The largest absolute Gasteiger partial charge is 0.494 e. The Kier molecular flexibility index (Phi) is 8.66. The van der Waals surface area contributed by atoms with Crippen molar-refractivity contribution >= 4 is 23.1 Å². The zero-order valence-electron chi connectivity index (χ0n) is 25.3. The van der Waals surface area contributed by atoms with Crippen molar-refractivity contribution < 1.29 is 57.7 Å². The molecule has 1 saturated carbocycles. The third-order valence-electron chi connectivity index (χ3n) is 9.60. The third-order valence-corrected chi connectivity index (χ3v) is 10.5. The first kappa shape index (κ1) is 31.3. The average Bonchev–Trinajstić information content (AvgIpc) is 3.85. The number of ether oxygens (including phenoxy) is 8. The monoisotopic (exact) mass is 656 g/mol. The van der Waals surface area contributed by atoms with Crippen molar-refractivity contribution in [3.05, 3.63) is 70.1 Å². The first-order valence-corrected chi connectivity index (χ1v) is 16.1. The van der Waals surface area contributed by atoms with Crippen molar-refractivity contribution in [3.63, 3.8) is 0 Å². The molecule has 13 heteroatoms. The lowest BCUT2D eigenvalue weighted by molar-refractivity contribution is -0.297. The summed E-state index contributed by atoms with van der Waals surface area (Å²) in [6.07, 6.45) is -2.45. The number of fused-ring (bicyclic) bond motifs is 4. The number of hydrogen-bond acceptors (Lipinski definition) is 13. The van der Waals surface area contributed by atoms with Crippen LogP contribution in [0, 0.1) is 17.8 Å². The summed E-state index contributed by atoms with van der Waals surface area (Å²) < 4.78 is 46.2. The average molecular weight is 657 g/mol. The van der Waals surface area contributed by atoms with Crippen molar-refractivity contribution in [1.82, 2.24) is 0 Å². The lowest BCUT2D eigenvalue weighted by atomic mass is 9.68. The van der Waals surface area contributed by atoms with Crippen LogP contribution >= 0.6 is 11.3 Å². The Bertz CT molecular complexity index is 1500. The first-order chi connectivity index (χ1) is 22.3. The molecule has 12 nitrogen and oxygen atoms in total. The highest BCUT2D eigenvalue weighted by Crippen LogP contribution is 2.55. The van der Waals surface area contributed by atoms with Gasteiger partial charge in [0.2, 0.25) is 12.6 Å². The molecule has 0 radical (unpaired) electrons. The molecule has 5 aliphatic rings. The van der Waals surface area contributed by atoms with Crippen LogP contribution in [0.5, 0.6) is 11.5 Å². The molecule has 3 aliphatic heterocycles. The Morgan fingerprint density at radius 2 is 1.89 bits per heavy atom. The summed E-state index contributed by atoms with van der Waals surface area (Å²) in [6.45, 7) is 4.09. The quantitative estimate of drug-likeness (QED) is 0.177. The van der Waals surface area contributed by atoms with E-state index in [0.29, 0.717) is 24.5 Å². The fourth-order valence-electron chi connectivity index (χ4n) is 7.24. The van der Waals surface area contributed by atoms with Crippen molar-refractivity contribution in [1.29, 1.82) is 0 Å². The highest BCUT2D eigenvalue weighted by molar-refractivity contribution is 7.10. The summed E-state index contributed by atoms with van der Waals surface area (Å²) >= 11 is 1.50. The van der Waals surface area contributed by atoms with Gasteiger partial charge in [-0.25, -0.2) is 0 Å². The molecular formula is C33H36O12S. The topological polar surface area (TPSA) is 148 Å². The molecular weight excluding hydrogens is 620 g/mol. The van der Waals surface area contributed by atoms with Crippen LogP contribution in [-0.4, -0.2) is 86.7 Å². The maximum atomic E-state index is 13.3. The normalized spacial score (nSPS) is 35.2. The summed E-state index contributed by atoms with van der Waals surface area (Å²) in [4.78, 5) is 27.0. The van der Waals surface area contributed by atoms with Crippen LogP contribution in [0.3, 0.4) is 0 Å². The lowest BCUT2D eigenvalue weighted by Crippen LogP contribution is -2.58. The van der Waals surface area contributed by atoms with E-state index in [1.165, 1.54) is 25.6 Å². The summed E-state index contributed by atoms with van der Waals surface area (Å²) in [5.74, 6) is -1.72. The van der Waals surface area contributed by atoms with Gasteiger partial charge in [-0.3, -0.25) is 9.59 Å². The van der Waals surface area contributed by atoms with E-state index in [9.17, 15) is 19.8 Å². The van der Waals surface area contributed by atoms with Crippen LogP contribution in [0.25, 0.3) is 0 Å². The molecule has 4 heterocycles. The lowest BCUT2D eigenvalue weighted by Gasteiger charge is -2.48. The van der Waals surface area contributed by atoms with E-state index in [4.69, 9.17) is 37.9 Å². The van der Waals surface area contributed by atoms with Gasteiger partial charge in [0.15, 0.2) is 23.5 Å². The van der Waals surface area contributed by atoms with E-state index in [1.807, 2.05) is 29.6 Å². The highest BCUT2D eigenvalue weighted by atomic mass is 32.1. The summed E-state index contributed by atoms with van der Waals surface area (Å²) in [5.41, 5.74) is 1.46. The van der Waals surface area contributed by atoms with Crippen LogP contribution in [0.2, 0.25) is 0 Å². The molecule has 46 heavy (non-hydrogen) atoms. The minimum absolute atomic E-state index is 0.0433. The molecule has 2 saturated heterocycles. The summed E-state index contributed by atoms with van der Waals surface area (Å²) in [5, 5.41) is 24.5. The highest BCUT2D eigenvalue weighted by Gasteiger charge is 2.55. The number of allylic oxidation sites excluding steroid dienone is 1. The van der Waals surface area contributed by atoms with E-state index < -0.39 is 72.4 Å². The Labute approximate surface area is 269 Å². The predicted octanol–water partition coefficient (Wildman–Crippen LogP) is 2.95. The zero-order chi connectivity index (χ0) is 32.1. The van der Waals surface area contributed by atoms with E-state index in [0.717, 1.165) is 16.0 Å². The number of thiophene rings is 1. The van der Waals surface area contributed by atoms with Crippen LogP contribution in [-0.2, 0) is 38.0 Å². The number of aliphatic hydroxyl groups is 2. The second-order valence-electron chi connectivity index (χ2n) is 12.1. The third kappa shape index (κ3) is 5.43. The zero-order valence-corrected chi connectivity index (χ0v) is 26.1. The van der Waals surface area contributed by atoms with E-state index in [-0.39, 0.29) is 25.1 Å². The molecule has 2 aromatic rings. The number of ketones is 1. The number of aliphatic hydroxyl groups excluding tert-OH is 2. The van der Waals surface area contributed by atoms with Gasteiger partial charge in [-0.15, -0.1) is 11.3 Å². The molecule has 2 aliphatic carbocycles. The van der Waals surface area contributed by atoms with Crippen molar-refractivity contribution in [2.45, 2.75) is 55.3 Å².